The molecule has 2 atom stereocenters. The molecule has 1 aromatic heterocycles. The number of nitrogens with two attached hydrogens (primary N) is 1. The molecule has 1 amide bonds. The zero-order chi connectivity index (χ0) is 19.7. The maximum absolute atomic E-state index is 13.4. The number of likely N-dealkylation sites (tertiary alicyclic amines) is 1. The normalized spacial score (nSPS) is 18.5. The summed E-state index contributed by atoms with van der Waals surface area (Å²) in [5.41, 5.74) is 9.22. The van der Waals surface area contributed by atoms with E-state index in [9.17, 15) is 4.79 Å². The van der Waals surface area contributed by atoms with Gasteiger partial charge in [-0.3, -0.25) is 9.48 Å². The summed E-state index contributed by atoms with van der Waals surface area (Å²) in [6.07, 6.45) is 1.77. The zero-order valence-electron chi connectivity index (χ0n) is 16.2. The lowest BCUT2D eigenvalue weighted by Gasteiger charge is -2.17. The van der Waals surface area contributed by atoms with Crippen LogP contribution in [0.5, 0.6) is 0 Å². The van der Waals surface area contributed by atoms with Crippen LogP contribution in [0.1, 0.15) is 21.8 Å². The second kappa shape index (κ2) is 8.99. The summed E-state index contributed by atoms with van der Waals surface area (Å²) in [4.78, 5) is 15.3. The van der Waals surface area contributed by atoms with E-state index in [2.05, 4.69) is 17.2 Å². The highest BCUT2D eigenvalue weighted by molar-refractivity contribution is 6.33. The third-order valence-electron chi connectivity index (χ3n) is 5.45. The molecule has 0 bridgehead atoms. The van der Waals surface area contributed by atoms with Gasteiger partial charge in [0.1, 0.15) is 5.69 Å². The highest BCUT2D eigenvalue weighted by Gasteiger charge is 2.36. The van der Waals surface area contributed by atoms with Crippen molar-refractivity contribution in [3.8, 4) is 11.3 Å². The Kier molecular flexibility index (Phi) is 6.63. The predicted molar refractivity (Wildman–Crippen MR) is 119 cm³/mol. The third kappa shape index (κ3) is 4.17. The van der Waals surface area contributed by atoms with Crippen molar-refractivity contribution in [3.05, 3.63) is 76.9 Å². The van der Waals surface area contributed by atoms with Gasteiger partial charge in [0.25, 0.3) is 5.91 Å². The molecule has 5 nitrogen and oxygen atoms in total. The average molecular weight is 431 g/mol. The molecule has 0 unspecified atom stereocenters. The van der Waals surface area contributed by atoms with Crippen LogP contribution in [-0.4, -0.2) is 40.2 Å². The van der Waals surface area contributed by atoms with E-state index in [1.54, 1.807) is 10.9 Å². The number of amides is 1. The van der Waals surface area contributed by atoms with Gasteiger partial charge in [0.2, 0.25) is 0 Å². The quantitative estimate of drug-likeness (QED) is 0.680. The second-order valence-corrected chi connectivity index (χ2v) is 7.68. The van der Waals surface area contributed by atoms with Crippen LogP contribution in [-0.2, 0) is 7.05 Å². The number of benzene rings is 2. The first-order valence-corrected chi connectivity index (χ1v) is 9.79. The first-order valence-electron chi connectivity index (χ1n) is 9.41. The molecule has 7 heteroatoms. The molecule has 0 spiro atoms. The molecule has 0 radical (unpaired) electrons. The lowest BCUT2D eigenvalue weighted by atomic mass is 9.89. The fourth-order valence-corrected chi connectivity index (χ4v) is 4.25. The summed E-state index contributed by atoms with van der Waals surface area (Å²) in [7, 11) is 1.82. The van der Waals surface area contributed by atoms with Gasteiger partial charge in [-0.25, -0.2) is 0 Å². The lowest BCUT2D eigenvalue weighted by molar-refractivity contribution is 0.0787. The number of carbonyl (C=O) groups excluding carboxylic acids is 1. The van der Waals surface area contributed by atoms with Crippen molar-refractivity contribution in [2.75, 3.05) is 19.6 Å². The van der Waals surface area contributed by atoms with Crippen LogP contribution >= 0.6 is 24.0 Å². The van der Waals surface area contributed by atoms with E-state index in [-0.39, 0.29) is 30.2 Å². The molecule has 1 aliphatic heterocycles. The second-order valence-electron chi connectivity index (χ2n) is 7.27. The van der Waals surface area contributed by atoms with Crippen molar-refractivity contribution in [1.29, 1.82) is 0 Å². The maximum Gasteiger partial charge on any atom is 0.257 e. The van der Waals surface area contributed by atoms with Crippen LogP contribution < -0.4 is 5.73 Å². The maximum atomic E-state index is 13.4. The lowest BCUT2D eigenvalue weighted by Crippen LogP contribution is -2.30. The van der Waals surface area contributed by atoms with E-state index in [1.807, 2.05) is 54.4 Å². The van der Waals surface area contributed by atoms with E-state index in [4.69, 9.17) is 17.3 Å². The summed E-state index contributed by atoms with van der Waals surface area (Å²) < 4.78 is 1.66. The van der Waals surface area contributed by atoms with E-state index in [0.29, 0.717) is 35.9 Å². The van der Waals surface area contributed by atoms with Crippen LogP contribution in [0.15, 0.2) is 60.8 Å². The van der Waals surface area contributed by atoms with Crippen molar-refractivity contribution < 1.29 is 4.79 Å². The minimum Gasteiger partial charge on any atom is -0.338 e. The van der Waals surface area contributed by atoms with Gasteiger partial charge < -0.3 is 10.6 Å². The number of carbonyl (C=O) groups is 1. The SMILES string of the molecule is Cl.Cn1cc(C(=O)N2C[C@@H](CN)[C@H](c3ccccc3)C2)c(-c2ccccc2Cl)n1. The van der Waals surface area contributed by atoms with E-state index >= 15 is 0 Å². The molecule has 0 saturated carbocycles. The number of nitrogens with zero attached hydrogens (tertiary/aromatic N) is 3. The van der Waals surface area contributed by atoms with E-state index in [1.165, 1.54) is 5.56 Å². The van der Waals surface area contributed by atoms with Gasteiger partial charge in [-0.15, -0.1) is 12.4 Å². The van der Waals surface area contributed by atoms with Gasteiger partial charge in [0, 0.05) is 37.8 Å². The monoisotopic (exact) mass is 430 g/mol. The Hall–Kier alpha value is -2.34. The Labute approximate surface area is 181 Å². The summed E-state index contributed by atoms with van der Waals surface area (Å²) >= 11 is 6.36. The molecule has 1 fully saturated rings. The fourth-order valence-electron chi connectivity index (χ4n) is 4.02. The molecule has 1 aliphatic rings. The van der Waals surface area contributed by atoms with Gasteiger partial charge >= 0.3 is 0 Å². The molecule has 2 aromatic carbocycles. The number of hydrogen-bond donors (Lipinski definition) is 1. The Morgan fingerprint density at radius 2 is 1.83 bits per heavy atom. The van der Waals surface area contributed by atoms with Crippen LogP contribution in [0.25, 0.3) is 11.3 Å². The summed E-state index contributed by atoms with van der Waals surface area (Å²) in [6, 6.07) is 17.8. The van der Waals surface area contributed by atoms with Crippen molar-refractivity contribution in [3.63, 3.8) is 0 Å². The average Bonchev–Trinajstić information content (AvgIpc) is 3.32. The molecule has 2 N–H and O–H groups in total. The Morgan fingerprint density at radius 3 is 2.52 bits per heavy atom. The van der Waals surface area contributed by atoms with Crippen LogP contribution in [0.2, 0.25) is 5.02 Å². The topological polar surface area (TPSA) is 64.2 Å². The van der Waals surface area contributed by atoms with Gasteiger partial charge in [-0.05, 0) is 24.1 Å². The van der Waals surface area contributed by atoms with E-state index in [0.717, 1.165) is 5.56 Å². The highest BCUT2D eigenvalue weighted by Crippen LogP contribution is 2.35. The van der Waals surface area contributed by atoms with Crippen LogP contribution in [0.4, 0.5) is 0 Å². The first-order chi connectivity index (χ1) is 13.6. The van der Waals surface area contributed by atoms with Crippen molar-refractivity contribution in [2.45, 2.75) is 5.92 Å². The molecule has 3 aromatic rings. The largest absolute Gasteiger partial charge is 0.338 e. The summed E-state index contributed by atoms with van der Waals surface area (Å²) in [6.45, 7) is 1.85. The first kappa shape index (κ1) is 21.4. The summed E-state index contributed by atoms with van der Waals surface area (Å²) in [5.74, 6) is 0.460. The van der Waals surface area contributed by atoms with Gasteiger partial charge in [0.15, 0.2) is 0 Å². The van der Waals surface area contributed by atoms with Gasteiger partial charge in [-0.1, -0.05) is 60.1 Å². The van der Waals surface area contributed by atoms with Crippen molar-refractivity contribution in [1.82, 2.24) is 14.7 Å². The molecular weight excluding hydrogens is 407 g/mol. The van der Waals surface area contributed by atoms with Gasteiger partial charge in [-0.2, -0.15) is 5.10 Å². The molecule has 152 valence electrons. The summed E-state index contributed by atoms with van der Waals surface area (Å²) in [5, 5.41) is 5.09. The number of aromatic nitrogens is 2. The minimum atomic E-state index is -0.0279. The molecule has 4 rings (SSSR count). The highest BCUT2D eigenvalue weighted by atomic mass is 35.5. The fraction of sp³-hybridized carbons (Fsp3) is 0.273. The molecule has 29 heavy (non-hydrogen) atoms. The molecular formula is C22H24Cl2N4O. The van der Waals surface area contributed by atoms with Crippen molar-refractivity contribution in [2.24, 2.45) is 18.7 Å². The molecule has 0 aliphatic carbocycles. The smallest absolute Gasteiger partial charge is 0.257 e. The Morgan fingerprint density at radius 1 is 1.14 bits per heavy atom. The number of rotatable bonds is 4. The Balaban J connectivity index is 0.00000240. The number of halogens is 2. The standard InChI is InChI=1S/C22H23ClN4O.ClH/c1-26-13-19(21(25-26)17-9-5-6-10-20(17)23)22(28)27-12-16(11-24)18(14-27)15-7-3-2-4-8-15;/h2-10,13,16,18H,11-12,14,24H2,1H3;1H/t16-,18+;/m1./s1. The van der Waals surface area contributed by atoms with Crippen LogP contribution in [0.3, 0.4) is 0 Å². The molecule has 1 saturated heterocycles. The third-order valence-corrected chi connectivity index (χ3v) is 5.78. The van der Waals surface area contributed by atoms with Crippen LogP contribution in [0, 0.1) is 5.92 Å². The van der Waals surface area contributed by atoms with E-state index < -0.39 is 0 Å². The number of hydrogen-bond acceptors (Lipinski definition) is 3. The molecule has 2 heterocycles. The Bertz CT molecular complexity index is 989. The zero-order valence-corrected chi connectivity index (χ0v) is 17.7. The minimum absolute atomic E-state index is 0. The van der Waals surface area contributed by atoms with Crippen molar-refractivity contribution >= 4 is 29.9 Å². The predicted octanol–water partition coefficient (Wildman–Crippen LogP) is 3.98. The number of aryl methyl sites for hydroxylation is 1. The van der Waals surface area contributed by atoms with Gasteiger partial charge in [0.05, 0.1) is 10.6 Å².